The van der Waals surface area contributed by atoms with Gasteiger partial charge < -0.3 is 35.6 Å². The number of fused-ring (bicyclic) bond motifs is 1. The zero-order valence-electron chi connectivity index (χ0n) is 11.4. The van der Waals surface area contributed by atoms with Gasteiger partial charge >= 0.3 is 7.60 Å². The summed E-state index contributed by atoms with van der Waals surface area (Å²) < 4.78 is 17.6. The summed E-state index contributed by atoms with van der Waals surface area (Å²) >= 11 is 0. The molecule has 0 aromatic carbocycles. The number of nitrogens with two attached hydrogens (primary N) is 1. The van der Waals surface area contributed by atoms with Crippen molar-refractivity contribution in [2.45, 2.75) is 30.4 Å². The van der Waals surface area contributed by atoms with Crippen LogP contribution in [-0.2, 0) is 9.30 Å². The van der Waals surface area contributed by atoms with E-state index < -0.39 is 38.0 Å². The summed E-state index contributed by atoms with van der Waals surface area (Å²) in [6.07, 6.45) is -3.87. The Morgan fingerprint density at radius 1 is 1.26 bits per heavy atom. The molecule has 12 nitrogen and oxygen atoms in total. The minimum Gasteiger partial charge on any atom is -0.387 e. The first-order valence-electron chi connectivity index (χ1n) is 6.39. The molecule has 2 aromatic rings. The maximum atomic E-state index is 11.1. The number of nitrogens with zero attached hydrogens (tertiary/aromatic N) is 4. The molecule has 126 valence electrons. The molecule has 1 unspecified atom stereocenters. The number of hydrogen-bond donors (Lipinski definition) is 6. The van der Waals surface area contributed by atoms with Gasteiger partial charge in [-0.05, 0) is 0 Å². The SMILES string of the molecule is Nc1ncnc2c1ncn2[C@@H]1O[C@H](C(O)P(=O)(O)O)[C@@H](O)[C@H]1O. The number of hydrogen-bond acceptors (Lipinski definition) is 9. The Hall–Kier alpha value is -1.66. The van der Waals surface area contributed by atoms with Crippen LogP contribution in [0, 0.1) is 0 Å². The Balaban J connectivity index is 1.97. The number of anilines is 1. The summed E-state index contributed by atoms with van der Waals surface area (Å²) in [5.74, 6) is -2.19. The van der Waals surface area contributed by atoms with Gasteiger partial charge in [-0.1, -0.05) is 0 Å². The van der Waals surface area contributed by atoms with Crippen LogP contribution in [0.25, 0.3) is 11.2 Å². The number of aliphatic hydroxyl groups excluding tert-OH is 3. The van der Waals surface area contributed by atoms with Crippen LogP contribution in [0.2, 0.25) is 0 Å². The van der Waals surface area contributed by atoms with Gasteiger partial charge in [0, 0.05) is 0 Å². The van der Waals surface area contributed by atoms with E-state index in [-0.39, 0.29) is 17.0 Å². The van der Waals surface area contributed by atoms with Gasteiger partial charge in [-0.25, -0.2) is 15.0 Å². The standard InChI is InChI=1S/C10H14N5O7P/c11-7-3-8(13-1-12-7)15(2-14-3)9-5(17)4(16)6(22-9)10(18)23(19,20)21/h1-2,4-6,9-10,16-18H,(H2,11,12,13)(H2,19,20,21)/t4-,5+,6-,9+,10?/m0/s1. The summed E-state index contributed by atoms with van der Waals surface area (Å²) in [7, 11) is -4.94. The lowest BCUT2D eigenvalue weighted by molar-refractivity contribution is -0.0664. The van der Waals surface area contributed by atoms with Crippen molar-refractivity contribution in [3.8, 4) is 0 Å². The Morgan fingerprint density at radius 2 is 1.96 bits per heavy atom. The van der Waals surface area contributed by atoms with Gasteiger partial charge in [-0.2, -0.15) is 0 Å². The highest BCUT2D eigenvalue weighted by Gasteiger charge is 2.51. The minimum absolute atomic E-state index is 0.0913. The molecule has 1 fully saturated rings. The van der Waals surface area contributed by atoms with Crippen LogP contribution in [0.15, 0.2) is 12.7 Å². The predicted octanol–water partition coefficient (Wildman–Crippen LogP) is -2.48. The van der Waals surface area contributed by atoms with Crippen LogP contribution in [0.1, 0.15) is 6.23 Å². The van der Waals surface area contributed by atoms with Gasteiger partial charge in [0.05, 0.1) is 6.33 Å². The third-order valence-electron chi connectivity index (χ3n) is 3.57. The first-order chi connectivity index (χ1) is 10.7. The molecule has 0 spiro atoms. The molecule has 3 rings (SSSR count). The van der Waals surface area contributed by atoms with Gasteiger partial charge in [0.1, 0.15) is 30.2 Å². The number of rotatable bonds is 3. The van der Waals surface area contributed by atoms with E-state index in [2.05, 4.69) is 15.0 Å². The van der Waals surface area contributed by atoms with Crippen molar-refractivity contribution in [2.75, 3.05) is 5.73 Å². The Morgan fingerprint density at radius 3 is 2.61 bits per heavy atom. The highest BCUT2D eigenvalue weighted by molar-refractivity contribution is 7.52. The van der Waals surface area contributed by atoms with E-state index in [1.54, 1.807) is 0 Å². The summed E-state index contributed by atoms with van der Waals surface area (Å²) in [6.45, 7) is 0. The fraction of sp³-hybridized carbons (Fsp3) is 0.500. The van der Waals surface area contributed by atoms with Crippen LogP contribution < -0.4 is 5.73 Å². The third-order valence-corrected chi connectivity index (χ3v) is 4.56. The Labute approximate surface area is 128 Å². The molecule has 13 heteroatoms. The monoisotopic (exact) mass is 347 g/mol. The second kappa shape index (κ2) is 5.46. The molecule has 1 saturated heterocycles. The van der Waals surface area contributed by atoms with Crippen LogP contribution in [0.4, 0.5) is 5.82 Å². The predicted molar refractivity (Wildman–Crippen MR) is 73.7 cm³/mol. The zero-order chi connectivity index (χ0) is 16.9. The van der Waals surface area contributed by atoms with E-state index in [4.69, 9.17) is 20.3 Å². The van der Waals surface area contributed by atoms with E-state index in [0.717, 1.165) is 6.33 Å². The topological polar surface area (TPSA) is 197 Å². The second-order valence-electron chi connectivity index (χ2n) is 5.06. The van der Waals surface area contributed by atoms with Crippen molar-refractivity contribution in [1.82, 2.24) is 19.5 Å². The minimum atomic E-state index is -4.94. The molecule has 0 amide bonds. The average Bonchev–Trinajstić information content (AvgIpc) is 3.02. The van der Waals surface area contributed by atoms with Crippen LogP contribution in [-0.4, -0.2) is 68.8 Å². The van der Waals surface area contributed by atoms with Crippen molar-refractivity contribution < 1.29 is 34.4 Å². The van der Waals surface area contributed by atoms with Crippen molar-refractivity contribution >= 4 is 24.6 Å². The van der Waals surface area contributed by atoms with E-state index in [9.17, 15) is 19.9 Å². The molecule has 3 heterocycles. The van der Waals surface area contributed by atoms with E-state index in [1.165, 1.54) is 10.9 Å². The largest absolute Gasteiger partial charge is 0.387 e. The van der Waals surface area contributed by atoms with E-state index in [1.807, 2.05) is 0 Å². The van der Waals surface area contributed by atoms with Crippen molar-refractivity contribution in [3.63, 3.8) is 0 Å². The highest BCUT2D eigenvalue weighted by Crippen LogP contribution is 2.46. The van der Waals surface area contributed by atoms with Crippen LogP contribution in [0.3, 0.4) is 0 Å². The molecule has 0 aliphatic carbocycles. The quantitative estimate of drug-likeness (QED) is 0.321. The summed E-state index contributed by atoms with van der Waals surface area (Å²) in [6, 6.07) is 0. The van der Waals surface area contributed by atoms with Gasteiger partial charge in [0.2, 0.25) is 0 Å². The fourth-order valence-corrected chi connectivity index (χ4v) is 3.04. The lowest BCUT2D eigenvalue weighted by atomic mass is 10.1. The lowest BCUT2D eigenvalue weighted by Crippen LogP contribution is -2.38. The molecular formula is C10H14N5O7P. The van der Waals surface area contributed by atoms with Gasteiger partial charge in [0.25, 0.3) is 0 Å². The van der Waals surface area contributed by atoms with Gasteiger partial charge in [0.15, 0.2) is 23.5 Å². The van der Waals surface area contributed by atoms with Gasteiger partial charge in [-0.15, -0.1) is 0 Å². The van der Waals surface area contributed by atoms with E-state index >= 15 is 0 Å². The molecule has 7 N–H and O–H groups in total. The average molecular weight is 347 g/mol. The number of aromatic nitrogens is 4. The smallest absolute Gasteiger partial charge is 0.356 e. The maximum absolute atomic E-state index is 11.1. The molecule has 1 aliphatic heterocycles. The van der Waals surface area contributed by atoms with Crippen LogP contribution >= 0.6 is 7.60 Å². The molecule has 5 atom stereocenters. The molecule has 1 aliphatic rings. The van der Waals surface area contributed by atoms with Crippen molar-refractivity contribution in [3.05, 3.63) is 12.7 Å². The molecule has 0 saturated carbocycles. The maximum Gasteiger partial charge on any atom is 0.356 e. The fourth-order valence-electron chi connectivity index (χ4n) is 2.41. The lowest BCUT2D eigenvalue weighted by Gasteiger charge is -2.21. The molecule has 23 heavy (non-hydrogen) atoms. The zero-order valence-corrected chi connectivity index (χ0v) is 12.3. The van der Waals surface area contributed by atoms with E-state index in [0.29, 0.717) is 0 Å². The van der Waals surface area contributed by atoms with Gasteiger partial charge in [-0.3, -0.25) is 9.13 Å². The highest BCUT2D eigenvalue weighted by atomic mass is 31.2. The number of aliphatic hydroxyl groups is 3. The molecular weight excluding hydrogens is 333 g/mol. The summed E-state index contributed by atoms with van der Waals surface area (Å²) in [5, 5.41) is 29.6. The second-order valence-corrected chi connectivity index (χ2v) is 6.77. The normalized spacial score (nSPS) is 30.0. The number of imidazole rings is 1. The molecule has 0 radical (unpaired) electrons. The first-order valence-corrected chi connectivity index (χ1v) is 8.08. The summed E-state index contributed by atoms with van der Waals surface area (Å²) in [5.41, 5.74) is 6.07. The Kier molecular flexibility index (Phi) is 3.84. The first kappa shape index (κ1) is 16.2. The van der Waals surface area contributed by atoms with Crippen LogP contribution in [0.5, 0.6) is 0 Å². The molecule has 0 bridgehead atoms. The van der Waals surface area contributed by atoms with Crippen molar-refractivity contribution in [1.29, 1.82) is 0 Å². The Bertz CT molecular complexity index is 778. The molecule has 2 aromatic heterocycles. The van der Waals surface area contributed by atoms with Crippen molar-refractivity contribution in [2.24, 2.45) is 0 Å². The third kappa shape index (κ3) is 2.60. The number of ether oxygens (including phenoxy) is 1. The summed E-state index contributed by atoms with van der Waals surface area (Å²) in [4.78, 5) is 29.7. The number of nitrogen functional groups attached to an aromatic ring is 1.